The molecule has 27 heavy (non-hydrogen) atoms. The topological polar surface area (TPSA) is 0 Å². The molecule has 2 aliphatic rings. The van der Waals surface area contributed by atoms with Crippen LogP contribution in [0.4, 0.5) is 0 Å². The summed E-state index contributed by atoms with van der Waals surface area (Å²) in [6.45, 7) is 0. The minimum absolute atomic E-state index is 0. The van der Waals surface area contributed by atoms with E-state index in [0.29, 0.717) is 0 Å². The van der Waals surface area contributed by atoms with Crippen molar-refractivity contribution in [2.75, 3.05) is 0 Å². The summed E-state index contributed by atoms with van der Waals surface area (Å²) >= 11 is 0.0367. The Labute approximate surface area is 182 Å². The van der Waals surface area contributed by atoms with E-state index < -0.39 is 0 Å². The predicted molar refractivity (Wildman–Crippen MR) is 131 cm³/mol. The van der Waals surface area contributed by atoms with Crippen LogP contribution in [-0.2, 0) is 0 Å². The monoisotopic (exact) mass is 506 g/mol. The molecular weight excluding hydrogens is 469 g/mol. The molecule has 4 rings (SSSR count). The third kappa shape index (κ3) is 9.43. The van der Waals surface area contributed by atoms with Crippen molar-refractivity contribution in [3.63, 3.8) is 0 Å². The molecule has 146 valence electrons. The van der Waals surface area contributed by atoms with Crippen molar-refractivity contribution in [2.45, 2.75) is 72.1 Å². The molecule has 0 spiro atoms. The second kappa shape index (κ2) is 14.1. The van der Waals surface area contributed by atoms with Crippen LogP contribution in [-0.4, -0.2) is 21.1 Å². The number of hydrogen-bond donors (Lipinski definition) is 0. The van der Waals surface area contributed by atoms with Gasteiger partial charge in [-0.25, -0.2) is 0 Å². The van der Waals surface area contributed by atoms with Crippen molar-refractivity contribution < 1.29 is 0 Å². The Morgan fingerprint density at radius 1 is 0.556 bits per heavy atom. The standard InChI is InChI=1S/C12H11P.2C6H11.H3P.Sn/c1-3-7-11(8-4-1)13-12-9-5-2-6-10-12;2*1-2-4-6-5-3-1;;/h1-10,13H;2*1H,2-6H2;1H3;. The van der Waals surface area contributed by atoms with Gasteiger partial charge < -0.3 is 0 Å². The maximum Gasteiger partial charge on any atom is -0.0226 e. The van der Waals surface area contributed by atoms with Crippen molar-refractivity contribution in [3.8, 4) is 0 Å². The van der Waals surface area contributed by atoms with Crippen LogP contribution < -0.4 is 10.6 Å². The Hall–Kier alpha value is 0.0987. The molecule has 0 bridgehead atoms. The van der Waals surface area contributed by atoms with E-state index in [1.807, 2.05) is 0 Å². The van der Waals surface area contributed by atoms with Crippen molar-refractivity contribution in [1.29, 1.82) is 0 Å². The van der Waals surface area contributed by atoms with E-state index in [0.717, 1.165) is 8.58 Å². The van der Waals surface area contributed by atoms with E-state index in [1.54, 1.807) is 64.2 Å². The fraction of sp³-hybridized carbons (Fsp3) is 0.500. The zero-order chi connectivity index (χ0) is 17.9. The van der Waals surface area contributed by atoms with Gasteiger partial charge in [0.25, 0.3) is 0 Å². The van der Waals surface area contributed by atoms with Crippen molar-refractivity contribution in [3.05, 3.63) is 60.7 Å². The summed E-state index contributed by atoms with van der Waals surface area (Å²) in [5.74, 6) is 0. The molecule has 0 aromatic heterocycles. The van der Waals surface area contributed by atoms with E-state index >= 15 is 0 Å². The van der Waals surface area contributed by atoms with Gasteiger partial charge in [-0.2, -0.15) is 9.90 Å². The number of benzene rings is 2. The maximum absolute atomic E-state index is 2.17. The van der Waals surface area contributed by atoms with Crippen molar-refractivity contribution in [2.24, 2.45) is 0 Å². The van der Waals surface area contributed by atoms with Crippen LogP contribution >= 0.6 is 18.5 Å². The van der Waals surface area contributed by atoms with Crippen LogP contribution in [0, 0.1) is 0 Å². The van der Waals surface area contributed by atoms with Gasteiger partial charge in [0.2, 0.25) is 0 Å². The van der Waals surface area contributed by atoms with Crippen molar-refractivity contribution in [1.82, 2.24) is 0 Å². The van der Waals surface area contributed by atoms with Crippen molar-refractivity contribution >= 4 is 50.2 Å². The molecule has 2 fully saturated rings. The molecule has 0 heterocycles. The molecule has 2 aromatic rings. The third-order valence-electron chi connectivity index (χ3n) is 5.52. The smallest absolute Gasteiger partial charge is 0.0226 e. The summed E-state index contributed by atoms with van der Waals surface area (Å²) in [6, 6.07) is 21.2. The zero-order valence-corrected chi connectivity index (χ0v) is 22.0. The minimum Gasteiger partial charge on any atom is -0.153 e. The van der Waals surface area contributed by atoms with Gasteiger partial charge in [-0.3, -0.25) is 0 Å². The first kappa shape index (κ1) is 23.4. The molecule has 2 radical (unpaired) electrons. The van der Waals surface area contributed by atoms with Crippen LogP contribution in [0.2, 0.25) is 7.87 Å². The van der Waals surface area contributed by atoms with Gasteiger partial charge in [0.05, 0.1) is 0 Å². The fourth-order valence-electron chi connectivity index (χ4n) is 4.08. The first-order chi connectivity index (χ1) is 12.9. The summed E-state index contributed by atoms with van der Waals surface area (Å²) in [4.78, 5) is 0. The van der Waals surface area contributed by atoms with Gasteiger partial charge >= 0.3 is 93.2 Å². The first-order valence-corrected chi connectivity index (χ1v) is 14.8. The SMILES string of the molecule is C1CC[CH]([Sn][CH]2CCCCC2)CC1.P.c1ccc(Pc2ccccc2)cc1. The summed E-state index contributed by atoms with van der Waals surface area (Å²) in [6.07, 6.45) is 15.9. The van der Waals surface area contributed by atoms with E-state index in [4.69, 9.17) is 0 Å². The molecule has 3 heteroatoms. The Kier molecular flexibility index (Phi) is 12.2. The zero-order valence-electron chi connectivity index (χ0n) is 16.7. The molecule has 2 aliphatic carbocycles. The molecule has 0 saturated heterocycles. The van der Waals surface area contributed by atoms with Crippen LogP contribution in [0.1, 0.15) is 64.2 Å². The van der Waals surface area contributed by atoms with E-state index in [1.165, 1.54) is 18.5 Å². The van der Waals surface area contributed by atoms with E-state index in [2.05, 4.69) is 60.7 Å². The molecule has 0 amide bonds. The molecule has 1 atom stereocenters. The summed E-state index contributed by atoms with van der Waals surface area (Å²) < 4.78 is 2.58. The second-order valence-corrected chi connectivity index (χ2v) is 14.7. The van der Waals surface area contributed by atoms with Gasteiger partial charge in [-0.15, -0.1) is 0 Å². The molecule has 1 unspecified atom stereocenters. The van der Waals surface area contributed by atoms with Crippen LogP contribution in [0.25, 0.3) is 0 Å². The molecular formula is C24H36P2Sn. The predicted octanol–water partition coefficient (Wildman–Crippen LogP) is 6.57. The second-order valence-electron chi connectivity index (χ2n) is 7.69. The quantitative estimate of drug-likeness (QED) is 0.326. The van der Waals surface area contributed by atoms with Crippen LogP contribution in [0.5, 0.6) is 0 Å². The van der Waals surface area contributed by atoms with Crippen LogP contribution in [0.15, 0.2) is 60.7 Å². The summed E-state index contributed by atoms with van der Waals surface area (Å²) in [7, 11) is 0.777. The minimum atomic E-state index is 0. The Balaban J connectivity index is 0.000000187. The molecule has 0 N–H and O–H groups in total. The molecule has 2 aromatic carbocycles. The fourth-order valence-corrected chi connectivity index (χ4v) is 11.3. The van der Waals surface area contributed by atoms with Gasteiger partial charge in [0.1, 0.15) is 0 Å². The first-order valence-electron chi connectivity index (χ1n) is 10.5. The van der Waals surface area contributed by atoms with Gasteiger partial charge in [-0.1, -0.05) is 69.2 Å². The number of rotatable bonds is 4. The van der Waals surface area contributed by atoms with Gasteiger partial charge in [0.15, 0.2) is 0 Å². The maximum atomic E-state index is 2.17. The van der Waals surface area contributed by atoms with Gasteiger partial charge in [0, 0.05) is 0 Å². The number of hydrogen-bond acceptors (Lipinski definition) is 0. The third-order valence-corrected chi connectivity index (χ3v) is 12.7. The average Bonchev–Trinajstić information content (AvgIpc) is 2.72. The summed E-state index contributed by atoms with van der Waals surface area (Å²) in [5.41, 5.74) is 0. The molecule has 0 aliphatic heterocycles. The van der Waals surface area contributed by atoms with E-state index in [-0.39, 0.29) is 31.0 Å². The summed E-state index contributed by atoms with van der Waals surface area (Å²) in [5, 5.41) is 2.79. The van der Waals surface area contributed by atoms with E-state index in [9.17, 15) is 0 Å². The normalized spacial score (nSPS) is 18.1. The Bertz CT molecular complexity index is 537. The Morgan fingerprint density at radius 2 is 0.926 bits per heavy atom. The Morgan fingerprint density at radius 3 is 1.30 bits per heavy atom. The van der Waals surface area contributed by atoms with Crippen LogP contribution in [0.3, 0.4) is 0 Å². The van der Waals surface area contributed by atoms with Gasteiger partial charge in [-0.05, 0) is 10.6 Å². The average molecular weight is 505 g/mol. The molecule has 2 saturated carbocycles. The molecule has 0 nitrogen and oxygen atoms in total. The largest absolute Gasteiger partial charge is 0.153 e.